The minimum absolute atomic E-state index is 0.465. The summed E-state index contributed by atoms with van der Waals surface area (Å²) < 4.78 is 57.1. The molecule has 2 heterocycles. The van der Waals surface area contributed by atoms with Crippen LogP contribution in [-0.2, 0) is 20.5 Å². The molecule has 0 unspecified atom stereocenters. The van der Waals surface area contributed by atoms with Crippen LogP contribution in [0.3, 0.4) is 0 Å². The van der Waals surface area contributed by atoms with Crippen LogP contribution >= 0.6 is 0 Å². The first-order chi connectivity index (χ1) is 11.2. The summed E-state index contributed by atoms with van der Waals surface area (Å²) >= 11 is 0. The Morgan fingerprint density at radius 1 is 1.12 bits per heavy atom. The molecular weight excluding hydrogens is 334 g/mol. The van der Waals surface area contributed by atoms with Gasteiger partial charge in [-0.2, -0.15) is 13.2 Å². The smallest absolute Gasteiger partial charge is 0.416 e. The monoisotopic (exact) mass is 345 g/mol. The first kappa shape index (κ1) is 16.4. The molecule has 3 rings (SSSR count). The lowest BCUT2D eigenvalue weighted by molar-refractivity contribution is -0.145. The molecule has 2 aliphatic rings. The van der Waals surface area contributed by atoms with E-state index >= 15 is 0 Å². The number of rotatable bonds is 3. The number of amides is 1. The van der Waals surface area contributed by atoms with Crippen LogP contribution in [0.5, 0.6) is 0 Å². The van der Waals surface area contributed by atoms with E-state index in [1.165, 1.54) is 12.2 Å². The van der Waals surface area contributed by atoms with Crippen molar-refractivity contribution in [3.05, 3.63) is 41.7 Å². The normalized spacial score (nSPS) is 28.2. The van der Waals surface area contributed by atoms with E-state index in [9.17, 15) is 32.3 Å². The van der Waals surface area contributed by atoms with Crippen molar-refractivity contribution in [1.82, 2.24) is 0 Å². The molecule has 1 fully saturated rings. The Morgan fingerprint density at radius 2 is 1.75 bits per heavy atom. The van der Waals surface area contributed by atoms with Gasteiger partial charge in [0.15, 0.2) is 0 Å². The van der Waals surface area contributed by atoms with Gasteiger partial charge in [-0.3, -0.25) is 9.59 Å². The number of alkyl halides is 3. The van der Waals surface area contributed by atoms with Gasteiger partial charge in [-0.25, -0.2) is 4.39 Å². The lowest BCUT2D eigenvalue weighted by Gasteiger charge is -2.21. The van der Waals surface area contributed by atoms with Crippen molar-refractivity contribution in [3.8, 4) is 0 Å². The Balaban J connectivity index is 1.85. The second-order valence-corrected chi connectivity index (χ2v) is 5.52. The number of hydrogen-bond donors (Lipinski definition) is 2. The summed E-state index contributed by atoms with van der Waals surface area (Å²) in [4.78, 5) is 23.6. The maximum atomic E-state index is 13.7. The van der Waals surface area contributed by atoms with Crippen molar-refractivity contribution in [2.24, 2.45) is 11.8 Å². The van der Waals surface area contributed by atoms with Crippen LogP contribution in [0.15, 0.2) is 30.4 Å². The fourth-order valence-electron chi connectivity index (χ4n) is 2.93. The molecule has 1 aromatic carbocycles. The third kappa shape index (κ3) is 2.75. The quantitative estimate of drug-likeness (QED) is 0.652. The number of ether oxygens (including phenoxy) is 1. The van der Waals surface area contributed by atoms with Crippen molar-refractivity contribution >= 4 is 17.6 Å². The van der Waals surface area contributed by atoms with Crippen molar-refractivity contribution < 1.29 is 37.0 Å². The number of hydrogen-bond acceptors (Lipinski definition) is 3. The lowest BCUT2D eigenvalue weighted by Crippen LogP contribution is -2.39. The Kier molecular flexibility index (Phi) is 3.83. The number of aliphatic carboxylic acids is 1. The second-order valence-electron chi connectivity index (χ2n) is 5.52. The highest BCUT2D eigenvalue weighted by molar-refractivity contribution is 5.96. The van der Waals surface area contributed by atoms with Gasteiger partial charge in [0.2, 0.25) is 5.91 Å². The summed E-state index contributed by atoms with van der Waals surface area (Å²) in [6.07, 6.45) is -3.26. The second kappa shape index (κ2) is 5.59. The third-order valence-electron chi connectivity index (χ3n) is 4.04. The van der Waals surface area contributed by atoms with Crippen molar-refractivity contribution in [2.75, 3.05) is 5.32 Å². The van der Waals surface area contributed by atoms with E-state index in [0.717, 1.165) is 0 Å². The molecule has 2 aliphatic heterocycles. The molecule has 2 bridgehead atoms. The van der Waals surface area contributed by atoms with Crippen LogP contribution in [0.4, 0.5) is 23.2 Å². The van der Waals surface area contributed by atoms with E-state index in [1.54, 1.807) is 0 Å². The fourth-order valence-corrected chi connectivity index (χ4v) is 2.93. The number of benzene rings is 1. The molecule has 4 atom stereocenters. The van der Waals surface area contributed by atoms with E-state index < -0.39 is 59.2 Å². The van der Waals surface area contributed by atoms with E-state index in [2.05, 4.69) is 0 Å². The minimum Gasteiger partial charge on any atom is -0.481 e. The zero-order valence-electron chi connectivity index (χ0n) is 11.9. The topological polar surface area (TPSA) is 75.6 Å². The van der Waals surface area contributed by atoms with Gasteiger partial charge in [-0.05, 0) is 18.2 Å². The summed E-state index contributed by atoms with van der Waals surface area (Å²) in [5, 5.41) is 11.3. The van der Waals surface area contributed by atoms with Gasteiger partial charge in [0.25, 0.3) is 0 Å². The minimum atomic E-state index is -4.70. The van der Waals surface area contributed by atoms with Crippen molar-refractivity contribution in [2.45, 2.75) is 18.4 Å². The summed E-state index contributed by atoms with van der Waals surface area (Å²) in [5.41, 5.74) is -1.79. The number of carboxylic acid groups (broad SMARTS) is 1. The van der Waals surface area contributed by atoms with Crippen LogP contribution < -0.4 is 5.32 Å². The van der Waals surface area contributed by atoms with Crippen LogP contribution in [-0.4, -0.2) is 29.2 Å². The predicted molar refractivity (Wildman–Crippen MR) is 72.4 cm³/mol. The zero-order chi connectivity index (χ0) is 17.6. The molecule has 0 aromatic heterocycles. The van der Waals surface area contributed by atoms with Crippen LogP contribution in [0.25, 0.3) is 0 Å². The number of nitrogens with one attached hydrogen (secondary N) is 1. The molecule has 2 N–H and O–H groups in total. The Labute approximate surface area is 132 Å². The summed E-state index contributed by atoms with van der Waals surface area (Å²) in [6.45, 7) is 0. The highest BCUT2D eigenvalue weighted by Crippen LogP contribution is 2.40. The lowest BCUT2D eigenvalue weighted by atomic mass is 9.82. The van der Waals surface area contributed by atoms with Gasteiger partial charge in [0.05, 0.1) is 29.4 Å². The van der Waals surface area contributed by atoms with Gasteiger partial charge in [0.1, 0.15) is 11.7 Å². The van der Waals surface area contributed by atoms with Crippen molar-refractivity contribution in [1.29, 1.82) is 0 Å². The highest BCUT2D eigenvalue weighted by Gasteiger charge is 2.53. The van der Waals surface area contributed by atoms with Crippen molar-refractivity contribution in [3.63, 3.8) is 0 Å². The first-order valence-electron chi connectivity index (χ1n) is 6.92. The Morgan fingerprint density at radius 3 is 2.33 bits per heavy atom. The molecule has 1 aromatic rings. The Bertz CT molecular complexity index is 731. The average molecular weight is 345 g/mol. The maximum Gasteiger partial charge on any atom is 0.416 e. The van der Waals surface area contributed by atoms with Gasteiger partial charge >= 0.3 is 12.1 Å². The van der Waals surface area contributed by atoms with Gasteiger partial charge in [-0.15, -0.1) is 0 Å². The zero-order valence-corrected chi connectivity index (χ0v) is 11.9. The van der Waals surface area contributed by atoms with Gasteiger partial charge in [0, 0.05) is 0 Å². The number of carbonyl (C=O) groups excluding carboxylic acids is 1. The predicted octanol–water partition coefficient (Wildman–Crippen LogP) is 2.44. The average Bonchev–Trinajstić information content (AvgIpc) is 3.08. The first-order valence-corrected chi connectivity index (χ1v) is 6.92. The maximum absolute atomic E-state index is 13.7. The molecule has 5 nitrogen and oxygen atoms in total. The van der Waals surface area contributed by atoms with Gasteiger partial charge in [-0.1, -0.05) is 12.2 Å². The summed E-state index contributed by atoms with van der Waals surface area (Å²) in [7, 11) is 0. The Hall–Kier alpha value is -2.42. The molecule has 1 amide bonds. The number of anilines is 1. The number of carbonyl (C=O) groups is 2. The SMILES string of the molecule is O=C(O)[C@@H]1[C@@H](C(=O)Nc2cc(C(F)(F)F)ccc2F)[C@H]2C=C[C@H]1O2. The summed E-state index contributed by atoms with van der Waals surface area (Å²) in [6, 6.07) is 1.60. The fraction of sp³-hybridized carbons (Fsp3) is 0.333. The summed E-state index contributed by atoms with van der Waals surface area (Å²) in [5.74, 6) is -5.54. The molecule has 0 saturated carbocycles. The molecule has 1 saturated heterocycles. The number of carboxylic acids is 1. The van der Waals surface area contributed by atoms with E-state index in [1.807, 2.05) is 5.32 Å². The van der Waals surface area contributed by atoms with E-state index in [0.29, 0.717) is 18.2 Å². The molecule has 24 heavy (non-hydrogen) atoms. The molecule has 0 aliphatic carbocycles. The molecule has 128 valence electrons. The van der Waals surface area contributed by atoms with E-state index in [-0.39, 0.29) is 0 Å². The standard InChI is InChI=1S/C15H11F4NO4/c16-7-2-1-6(15(17,18)19)5-8(7)20-13(21)11-9-3-4-10(24-9)12(11)14(22)23/h1-5,9-12H,(H,20,21)(H,22,23)/t9-,10-,11+,12+/m1/s1. The largest absolute Gasteiger partial charge is 0.481 e. The third-order valence-corrected chi connectivity index (χ3v) is 4.04. The van der Waals surface area contributed by atoms with Crippen LogP contribution in [0, 0.1) is 17.7 Å². The van der Waals surface area contributed by atoms with Gasteiger partial charge < -0.3 is 15.2 Å². The molecule has 0 spiro atoms. The number of fused-ring (bicyclic) bond motifs is 2. The molecule has 9 heteroatoms. The molecular formula is C15H11F4NO4. The molecule has 0 radical (unpaired) electrons. The highest BCUT2D eigenvalue weighted by atomic mass is 19.4. The van der Waals surface area contributed by atoms with Crippen LogP contribution in [0.2, 0.25) is 0 Å². The van der Waals surface area contributed by atoms with Crippen LogP contribution in [0.1, 0.15) is 5.56 Å². The van der Waals surface area contributed by atoms with E-state index in [4.69, 9.17) is 4.74 Å². The number of halogens is 4.